The normalized spacial score (nSPS) is 10.4. The van der Waals surface area contributed by atoms with Crippen LogP contribution in [0.4, 0.5) is 0 Å². The summed E-state index contributed by atoms with van der Waals surface area (Å²) in [5.41, 5.74) is 3.66. The van der Waals surface area contributed by atoms with Crippen LogP contribution in [0.5, 0.6) is 0 Å². The van der Waals surface area contributed by atoms with E-state index in [4.69, 9.17) is 0 Å². The molecule has 2 heteroatoms. The van der Waals surface area contributed by atoms with Gasteiger partial charge in [0.1, 0.15) is 0 Å². The number of hydrogen-bond donors (Lipinski definition) is 0. The van der Waals surface area contributed by atoms with Gasteiger partial charge in [0.25, 0.3) is 0 Å². The fourth-order valence-electron chi connectivity index (χ4n) is 1.64. The zero-order valence-electron chi connectivity index (χ0n) is 8.57. The first-order valence-corrected chi connectivity index (χ1v) is 4.89. The lowest BCUT2D eigenvalue weighted by atomic mass is 10.0. The zero-order valence-corrected chi connectivity index (χ0v) is 8.57. The molecule has 72 valence electrons. The summed E-state index contributed by atoms with van der Waals surface area (Å²) >= 11 is 0. The van der Waals surface area contributed by atoms with Gasteiger partial charge in [0, 0.05) is 18.8 Å². The summed E-state index contributed by atoms with van der Waals surface area (Å²) in [7, 11) is 1.94. The lowest BCUT2D eigenvalue weighted by Gasteiger charge is -2.03. The Hall–Kier alpha value is -1.57. The van der Waals surface area contributed by atoms with E-state index in [9.17, 15) is 0 Å². The van der Waals surface area contributed by atoms with Gasteiger partial charge in [-0.3, -0.25) is 4.68 Å². The van der Waals surface area contributed by atoms with E-state index in [0.717, 1.165) is 12.1 Å². The Morgan fingerprint density at radius 1 is 1.21 bits per heavy atom. The molecule has 0 saturated heterocycles. The molecule has 0 saturated carbocycles. The molecular formula is C12H14N2. The first-order chi connectivity index (χ1) is 6.81. The lowest BCUT2D eigenvalue weighted by Crippen LogP contribution is -1.90. The molecule has 0 atom stereocenters. The quantitative estimate of drug-likeness (QED) is 0.705. The molecule has 0 fully saturated rings. The second-order valence-electron chi connectivity index (χ2n) is 3.39. The Balaban J connectivity index is 2.50. The number of hydrogen-bond acceptors (Lipinski definition) is 1. The Bertz CT molecular complexity index is 429. The Labute approximate surface area is 84.2 Å². The van der Waals surface area contributed by atoms with E-state index in [2.05, 4.69) is 42.4 Å². The Morgan fingerprint density at radius 2 is 2.00 bits per heavy atom. The molecule has 0 amide bonds. The van der Waals surface area contributed by atoms with Crippen molar-refractivity contribution in [3.8, 4) is 11.3 Å². The number of aryl methyl sites for hydroxylation is 2. The highest BCUT2D eigenvalue weighted by molar-refractivity contribution is 5.63. The highest BCUT2D eigenvalue weighted by Gasteiger charge is 2.04. The minimum atomic E-state index is 1.05. The molecule has 0 aliphatic heterocycles. The largest absolute Gasteiger partial charge is 0.275 e. The molecule has 0 aliphatic carbocycles. The molecule has 14 heavy (non-hydrogen) atoms. The predicted molar refractivity (Wildman–Crippen MR) is 58.0 cm³/mol. The van der Waals surface area contributed by atoms with Gasteiger partial charge < -0.3 is 0 Å². The van der Waals surface area contributed by atoms with Gasteiger partial charge in [0.15, 0.2) is 0 Å². The van der Waals surface area contributed by atoms with E-state index < -0.39 is 0 Å². The Morgan fingerprint density at radius 3 is 2.64 bits per heavy atom. The molecule has 0 N–H and O–H groups in total. The first kappa shape index (κ1) is 9.00. The van der Waals surface area contributed by atoms with E-state index in [0.29, 0.717) is 0 Å². The van der Waals surface area contributed by atoms with Crippen molar-refractivity contribution in [1.29, 1.82) is 0 Å². The summed E-state index contributed by atoms with van der Waals surface area (Å²) in [4.78, 5) is 0. The first-order valence-electron chi connectivity index (χ1n) is 4.89. The van der Waals surface area contributed by atoms with Gasteiger partial charge in [-0.05, 0) is 18.1 Å². The number of aromatic nitrogens is 2. The van der Waals surface area contributed by atoms with Gasteiger partial charge in [0.2, 0.25) is 0 Å². The number of nitrogens with zero attached hydrogens (tertiary/aromatic N) is 2. The standard InChI is InChI=1S/C12H14N2/c1-3-10-6-4-5-7-11(10)12-8-9-14(2)13-12/h4-9H,3H2,1-2H3. The second kappa shape index (κ2) is 3.66. The third-order valence-corrected chi connectivity index (χ3v) is 2.39. The van der Waals surface area contributed by atoms with Crippen molar-refractivity contribution < 1.29 is 0 Å². The van der Waals surface area contributed by atoms with Crippen molar-refractivity contribution >= 4 is 0 Å². The van der Waals surface area contributed by atoms with Crippen molar-refractivity contribution in [2.24, 2.45) is 7.05 Å². The molecular weight excluding hydrogens is 172 g/mol. The van der Waals surface area contributed by atoms with E-state index >= 15 is 0 Å². The van der Waals surface area contributed by atoms with Crippen molar-refractivity contribution in [3.63, 3.8) is 0 Å². The molecule has 2 aromatic rings. The van der Waals surface area contributed by atoms with Crippen molar-refractivity contribution in [1.82, 2.24) is 9.78 Å². The van der Waals surface area contributed by atoms with Crippen LogP contribution in [-0.2, 0) is 13.5 Å². The summed E-state index contributed by atoms with van der Waals surface area (Å²) in [6.07, 6.45) is 3.02. The van der Waals surface area contributed by atoms with Gasteiger partial charge in [0.05, 0.1) is 5.69 Å². The van der Waals surface area contributed by atoms with Crippen LogP contribution in [0, 0.1) is 0 Å². The smallest absolute Gasteiger partial charge is 0.0925 e. The number of rotatable bonds is 2. The van der Waals surface area contributed by atoms with Crippen LogP contribution >= 0.6 is 0 Å². The predicted octanol–water partition coefficient (Wildman–Crippen LogP) is 2.65. The monoisotopic (exact) mass is 186 g/mol. The average molecular weight is 186 g/mol. The van der Waals surface area contributed by atoms with Crippen molar-refractivity contribution in [2.75, 3.05) is 0 Å². The minimum absolute atomic E-state index is 1.05. The van der Waals surface area contributed by atoms with Crippen LogP contribution < -0.4 is 0 Å². The summed E-state index contributed by atoms with van der Waals surface area (Å²) in [6, 6.07) is 10.5. The van der Waals surface area contributed by atoms with Crippen LogP contribution in [0.15, 0.2) is 36.5 Å². The van der Waals surface area contributed by atoms with Crippen LogP contribution in [0.3, 0.4) is 0 Å². The van der Waals surface area contributed by atoms with Crippen LogP contribution in [0.25, 0.3) is 11.3 Å². The molecule has 1 aromatic heterocycles. The van der Waals surface area contributed by atoms with Gasteiger partial charge in [-0.1, -0.05) is 31.2 Å². The molecule has 1 aromatic carbocycles. The summed E-state index contributed by atoms with van der Waals surface area (Å²) < 4.78 is 1.84. The molecule has 0 spiro atoms. The third-order valence-electron chi connectivity index (χ3n) is 2.39. The lowest BCUT2D eigenvalue weighted by molar-refractivity contribution is 0.770. The summed E-state index contributed by atoms with van der Waals surface area (Å²) in [5, 5.41) is 4.41. The highest BCUT2D eigenvalue weighted by Crippen LogP contribution is 2.21. The number of benzene rings is 1. The molecule has 2 nitrogen and oxygen atoms in total. The van der Waals surface area contributed by atoms with Gasteiger partial charge in [-0.25, -0.2) is 0 Å². The van der Waals surface area contributed by atoms with Crippen molar-refractivity contribution in [2.45, 2.75) is 13.3 Å². The molecule has 0 radical (unpaired) electrons. The topological polar surface area (TPSA) is 17.8 Å². The van der Waals surface area contributed by atoms with Gasteiger partial charge >= 0.3 is 0 Å². The third kappa shape index (κ3) is 1.55. The highest BCUT2D eigenvalue weighted by atomic mass is 15.2. The van der Waals surface area contributed by atoms with Gasteiger partial charge in [-0.2, -0.15) is 5.10 Å². The minimum Gasteiger partial charge on any atom is -0.275 e. The van der Waals surface area contributed by atoms with E-state index in [1.165, 1.54) is 11.1 Å². The maximum Gasteiger partial charge on any atom is 0.0925 e. The van der Waals surface area contributed by atoms with Crippen molar-refractivity contribution in [3.05, 3.63) is 42.1 Å². The van der Waals surface area contributed by atoms with E-state index in [-0.39, 0.29) is 0 Å². The fourth-order valence-corrected chi connectivity index (χ4v) is 1.64. The molecule has 0 unspecified atom stereocenters. The summed E-state index contributed by atoms with van der Waals surface area (Å²) in [6.45, 7) is 2.17. The van der Waals surface area contributed by atoms with Crippen LogP contribution in [0.1, 0.15) is 12.5 Å². The van der Waals surface area contributed by atoms with E-state index in [1.807, 2.05) is 17.9 Å². The van der Waals surface area contributed by atoms with Gasteiger partial charge in [-0.15, -0.1) is 0 Å². The molecule has 0 bridgehead atoms. The van der Waals surface area contributed by atoms with Crippen LogP contribution in [0.2, 0.25) is 0 Å². The fraction of sp³-hybridized carbons (Fsp3) is 0.250. The average Bonchev–Trinajstić information content (AvgIpc) is 2.65. The summed E-state index contributed by atoms with van der Waals surface area (Å²) in [5.74, 6) is 0. The zero-order chi connectivity index (χ0) is 9.97. The SMILES string of the molecule is CCc1ccccc1-c1ccn(C)n1. The maximum absolute atomic E-state index is 4.41. The Kier molecular flexibility index (Phi) is 2.35. The molecule has 2 rings (SSSR count). The molecule has 1 heterocycles. The second-order valence-corrected chi connectivity index (χ2v) is 3.39. The molecule has 0 aliphatic rings. The van der Waals surface area contributed by atoms with Crippen LogP contribution in [-0.4, -0.2) is 9.78 Å². The maximum atomic E-state index is 4.41. The van der Waals surface area contributed by atoms with E-state index in [1.54, 1.807) is 0 Å².